The predicted octanol–water partition coefficient (Wildman–Crippen LogP) is 4.03. The van der Waals surface area contributed by atoms with E-state index in [1.54, 1.807) is 0 Å². The molecule has 2 nitrogen and oxygen atoms in total. The van der Waals surface area contributed by atoms with Gasteiger partial charge in [-0.05, 0) is 26.8 Å². The van der Waals surface area contributed by atoms with Gasteiger partial charge < -0.3 is 5.32 Å². The Morgan fingerprint density at radius 1 is 1.31 bits per heavy atom. The lowest BCUT2D eigenvalue weighted by Crippen LogP contribution is -2.19. The second-order valence-corrected chi connectivity index (χ2v) is 5.75. The van der Waals surface area contributed by atoms with Gasteiger partial charge in [0.2, 0.25) is 0 Å². The average Bonchev–Trinajstić information content (AvgIpc) is 2.61. The first-order valence-electron chi connectivity index (χ1n) is 6.26. The SMILES string of the molecule is CCCCNC(C)c1sc(C(C)C)nc1C. The van der Waals surface area contributed by atoms with E-state index in [1.165, 1.54) is 28.4 Å². The molecule has 0 bridgehead atoms. The summed E-state index contributed by atoms with van der Waals surface area (Å²) in [5.74, 6) is 0.542. The third-order valence-corrected chi connectivity index (χ3v) is 4.36. The van der Waals surface area contributed by atoms with Gasteiger partial charge in [-0.3, -0.25) is 0 Å². The van der Waals surface area contributed by atoms with Gasteiger partial charge in [0.25, 0.3) is 0 Å². The van der Waals surface area contributed by atoms with Crippen LogP contribution in [0.1, 0.15) is 68.1 Å². The van der Waals surface area contributed by atoms with E-state index in [2.05, 4.69) is 44.9 Å². The van der Waals surface area contributed by atoms with Gasteiger partial charge in [0, 0.05) is 16.8 Å². The zero-order chi connectivity index (χ0) is 12.1. The van der Waals surface area contributed by atoms with E-state index in [0.717, 1.165) is 6.54 Å². The number of nitrogens with one attached hydrogen (secondary N) is 1. The van der Waals surface area contributed by atoms with Crippen molar-refractivity contribution in [2.24, 2.45) is 0 Å². The van der Waals surface area contributed by atoms with Gasteiger partial charge >= 0.3 is 0 Å². The molecule has 1 aromatic rings. The number of aromatic nitrogens is 1. The topological polar surface area (TPSA) is 24.9 Å². The second-order valence-electron chi connectivity index (χ2n) is 4.69. The summed E-state index contributed by atoms with van der Waals surface area (Å²) in [6.07, 6.45) is 2.50. The minimum atomic E-state index is 0.441. The van der Waals surface area contributed by atoms with E-state index in [4.69, 9.17) is 0 Å². The van der Waals surface area contributed by atoms with Gasteiger partial charge in [0.05, 0.1) is 10.7 Å². The maximum atomic E-state index is 4.64. The summed E-state index contributed by atoms with van der Waals surface area (Å²) < 4.78 is 0. The van der Waals surface area contributed by atoms with Crippen LogP contribution >= 0.6 is 11.3 Å². The van der Waals surface area contributed by atoms with Crippen molar-refractivity contribution in [3.63, 3.8) is 0 Å². The number of nitrogens with zero attached hydrogens (tertiary/aromatic N) is 1. The minimum absolute atomic E-state index is 0.441. The highest BCUT2D eigenvalue weighted by Crippen LogP contribution is 2.29. The van der Waals surface area contributed by atoms with Crippen molar-refractivity contribution >= 4 is 11.3 Å². The van der Waals surface area contributed by atoms with Crippen molar-refractivity contribution in [1.82, 2.24) is 10.3 Å². The summed E-state index contributed by atoms with van der Waals surface area (Å²) >= 11 is 1.86. The molecule has 1 N–H and O–H groups in total. The van der Waals surface area contributed by atoms with Crippen LogP contribution in [0.4, 0.5) is 0 Å². The molecule has 0 saturated heterocycles. The third kappa shape index (κ3) is 3.56. The lowest BCUT2D eigenvalue weighted by molar-refractivity contribution is 0.558. The van der Waals surface area contributed by atoms with Crippen molar-refractivity contribution < 1.29 is 0 Å². The first-order chi connectivity index (χ1) is 7.56. The number of hydrogen-bond acceptors (Lipinski definition) is 3. The van der Waals surface area contributed by atoms with Crippen molar-refractivity contribution in [3.05, 3.63) is 15.6 Å². The van der Waals surface area contributed by atoms with E-state index in [9.17, 15) is 0 Å². The highest BCUT2D eigenvalue weighted by atomic mass is 32.1. The Kier molecular flexibility index (Phi) is 5.42. The molecule has 0 radical (unpaired) electrons. The number of hydrogen-bond donors (Lipinski definition) is 1. The quantitative estimate of drug-likeness (QED) is 0.760. The van der Waals surface area contributed by atoms with Gasteiger partial charge in [-0.15, -0.1) is 11.3 Å². The van der Waals surface area contributed by atoms with Crippen molar-refractivity contribution in [2.75, 3.05) is 6.54 Å². The van der Waals surface area contributed by atoms with Gasteiger partial charge in [0.15, 0.2) is 0 Å². The molecule has 0 fully saturated rings. The molecule has 1 atom stereocenters. The highest BCUT2D eigenvalue weighted by molar-refractivity contribution is 7.11. The highest BCUT2D eigenvalue weighted by Gasteiger charge is 2.15. The maximum Gasteiger partial charge on any atom is 0.0956 e. The summed E-state index contributed by atoms with van der Waals surface area (Å²) in [7, 11) is 0. The molecule has 92 valence electrons. The van der Waals surface area contributed by atoms with Crippen LogP contribution < -0.4 is 5.32 Å². The number of rotatable bonds is 6. The van der Waals surface area contributed by atoms with Crippen LogP contribution in [0.5, 0.6) is 0 Å². The summed E-state index contributed by atoms with van der Waals surface area (Å²) in [6, 6.07) is 0.441. The van der Waals surface area contributed by atoms with Gasteiger partial charge in [-0.25, -0.2) is 4.98 Å². The molecule has 16 heavy (non-hydrogen) atoms. The van der Waals surface area contributed by atoms with Crippen LogP contribution in [-0.2, 0) is 0 Å². The molecule has 0 aliphatic heterocycles. The van der Waals surface area contributed by atoms with Gasteiger partial charge in [-0.2, -0.15) is 0 Å². The second kappa shape index (κ2) is 6.36. The van der Waals surface area contributed by atoms with Crippen LogP contribution in [0.15, 0.2) is 0 Å². The maximum absolute atomic E-state index is 4.64. The fourth-order valence-corrected chi connectivity index (χ4v) is 2.76. The Morgan fingerprint density at radius 2 is 2.00 bits per heavy atom. The lowest BCUT2D eigenvalue weighted by Gasteiger charge is -2.12. The first kappa shape index (κ1) is 13.7. The fourth-order valence-electron chi connectivity index (χ4n) is 1.67. The van der Waals surface area contributed by atoms with Crippen molar-refractivity contribution in [1.29, 1.82) is 0 Å². The van der Waals surface area contributed by atoms with E-state index < -0.39 is 0 Å². The first-order valence-corrected chi connectivity index (χ1v) is 7.08. The molecule has 0 amide bonds. The Hall–Kier alpha value is -0.410. The number of unbranched alkanes of at least 4 members (excludes halogenated alkanes) is 1. The molecule has 3 heteroatoms. The fraction of sp³-hybridized carbons (Fsp3) is 0.769. The third-order valence-electron chi connectivity index (χ3n) is 2.72. The molecule has 0 saturated carbocycles. The summed E-state index contributed by atoms with van der Waals surface area (Å²) in [4.78, 5) is 6.04. The zero-order valence-corrected chi connectivity index (χ0v) is 11.9. The monoisotopic (exact) mass is 240 g/mol. The summed E-state index contributed by atoms with van der Waals surface area (Å²) in [5, 5.41) is 4.82. The van der Waals surface area contributed by atoms with Crippen LogP contribution in [0.25, 0.3) is 0 Å². The van der Waals surface area contributed by atoms with E-state index >= 15 is 0 Å². The Balaban J connectivity index is 2.64. The van der Waals surface area contributed by atoms with Crippen LogP contribution in [-0.4, -0.2) is 11.5 Å². The van der Waals surface area contributed by atoms with Crippen LogP contribution in [0.3, 0.4) is 0 Å². The minimum Gasteiger partial charge on any atom is -0.309 e. The molecule has 0 aliphatic carbocycles. The largest absolute Gasteiger partial charge is 0.309 e. The number of thiazole rings is 1. The Morgan fingerprint density at radius 3 is 2.50 bits per heavy atom. The predicted molar refractivity (Wildman–Crippen MR) is 72.3 cm³/mol. The molecular weight excluding hydrogens is 216 g/mol. The molecular formula is C13H24N2S. The normalized spacial score (nSPS) is 13.4. The van der Waals surface area contributed by atoms with Crippen LogP contribution in [0, 0.1) is 6.92 Å². The van der Waals surface area contributed by atoms with Gasteiger partial charge in [0.1, 0.15) is 0 Å². The smallest absolute Gasteiger partial charge is 0.0956 e. The summed E-state index contributed by atoms with van der Waals surface area (Å²) in [5.41, 5.74) is 1.20. The lowest BCUT2D eigenvalue weighted by atomic mass is 10.2. The van der Waals surface area contributed by atoms with Crippen molar-refractivity contribution in [3.8, 4) is 0 Å². The van der Waals surface area contributed by atoms with E-state index in [-0.39, 0.29) is 0 Å². The summed E-state index contributed by atoms with van der Waals surface area (Å²) in [6.45, 7) is 12.1. The van der Waals surface area contributed by atoms with E-state index in [0.29, 0.717) is 12.0 Å². The molecule has 0 spiro atoms. The Labute approximate surface area is 103 Å². The van der Waals surface area contributed by atoms with Crippen molar-refractivity contribution in [2.45, 2.75) is 59.4 Å². The molecule has 1 unspecified atom stereocenters. The molecule has 0 aromatic carbocycles. The van der Waals surface area contributed by atoms with E-state index in [1.807, 2.05) is 11.3 Å². The number of aryl methyl sites for hydroxylation is 1. The molecule has 1 aromatic heterocycles. The van der Waals surface area contributed by atoms with Gasteiger partial charge in [-0.1, -0.05) is 27.2 Å². The average molecular weight is 240 g/mol. The molecule has 1 heterocycles. The van der Waals surface area contributed by atoms with Crippen LogP contribution in [0.2, 0.25) is 0 Å². The molecule has 1 rings (SSSR count). The molecule has 0 aliphatic rings. The Bertz CT molecular complexity index is 318. The zero-order valence-electron chi connectivity index (χ0n) is 11.1. The standard InChI is InChI=1S/C13H24N2S/c1-6-7-8-14-10(4)12-11(5)15-13(16-12)9(2)3/h9-10,14H,6-8H2,1-5H3.